The van der Waals surface area contributed by atoms with Crippen molar-refractivity contribution >= 4 is 45.4 Å². The van der Waals surface area contributed by atoms with Crippen LogP contribution >= 0.6 is 11.8 Å². The highest BCUT2D eigenvalue weighted by Crippen LogP contribution is 2.22. The third-order valence-corrected chi connectivity index (χ3v) is 6.41. The molecular weight excluding hydrogens is 456 g/mol. The lowest BCUT2D eigenvalue weighted by molar-refractivity contribution is -0.142. The van der Waals surface area contributed by atoms with E-state index in [4.69, 9.17) is 0 Å². The lowest BCUT2D eigenvalue weighted by atomic mass is 10.0. The van der Waals surface area contributed by atoms with E-state index >= 15 is 0 Å². The van der Waals surface area contributed by atoms with Gasteiger partial charge in [0.05, 0.1) is 10.9 Å². The maximum absolute atomic E-state index is 13.4. The number of aliphatic carboxylic acids is 1. The summed E-state index contributed by atoms with van der Waals surface area (Å²) in [6.45, 7) is 0. The molecule has 4 rings (SSSR count). The zero-order valence-corrected chi connectivity index (χ0v) is 19.2. The zero-order valence-electron chi connectivity index (χ0n) is 18.4. The number of carbonyl (C=O) groups excluding carboxylic acids is 1. The molecule has 0 bridgehead atoms. The van der Waals surface area contributed by atoms with E-state index in [0.717, 1.165) is 21.0 Å². The Morgan fingerprint density at radius 1 is 1.06 bits per heavy atom. The van der Waals surface area contributed by atoms with Crippen LogP contribution < -0.4 is 16.6 Å². The molecule has 0 aliphatic carbocycles. The maximum Gasteiger partial charge on any atom is 0.329 e. The SMILES string of the molecule is CSCC[C@H](NC(=O)[C@@H](Cc1c[nH]c2ccccc12)n1c(=O)[nH]c2ccccc2c1=O)C(=O)O. The first kappa shape index (κ1) is 23.4. The third kappa shape index (κ3) is 4.62. The number of carbonyl (C=O) groups is 2. The molecule has 0 fully saturated rings. The van der Waals surface area contributed by atoms with Gasteiger partial charge in [-0.15, -0.1) is 0 Å². The number of hydrogen-bond acceptors (Lipinski definition) is 5. The van der Waals surface area contributed by atoms with Crippen LogP contribution in [0.25, 0.3) is 21.8 Å². The first-order valence-electron chi connectivity index (χ1n) is 10.7. The number of rotatable bonds is 9. The molecule has 4 aromatic rings. The van der Waals surface area contributed by atoms with Crippen LogP contribution in [0, 0.1) is 0 Å². The number of benzene rings is 2. The molecule has 0 spiro atoms. The Hall–Kier alpha value is -3.79. The number of aromatic amines is 2. The van der Waals surface area contributed by atoms with Crippen molar-refractivity contribution in [3.63, 3.8) is 0 Å². The van der Waals surface area contributed by atoms with Crippen LogP contribution in [0.15, 0.2) is 64.3 Å². The third-order valence-electron chi connectivity index (χ3n) is 5.76. The van der Waals surface area contributed by atoms with Gasteiger partial charge < -0.3 is 20.4 Å². The van der Waals surface area contributed by atoms with E-state index < -0.39 is 35.2 Å². The summed E-state index contributed by atoms with van der Waals surface area (Å²) in [6, 6.07) is 11.6. The van der Waals surface area contributed by atoms with E-state index in [-0.39, 0.29) is 18.2 Å². The molecule has 0 unspecified atom stereocenters. The topological polar surface area (TPSA) is 137 Å². The fourth-order valence-corrected chi connectivity index (χ4v) is 4.50. The smallest absolute Gasteiger partial charge is 0.329 e. The molecule has 0 saturated heterocycles. The Bertz CT molecular complexity index is 1470. The Balaban J connectivity index is 1.81. The molecule has 4 N–H and O–H groups in total. The van der Waals surface area contributed by atoms with Crippen LogP contribution in [0.2, 0.25) is 0 Å². The summed E-state index contributed by atoms with van der Waals surface area (Å²) in [5.41, 5.74) is 0.587. The minimum Gasteiger partial charge on any atom is -0.480 e. The second-order valence-electron chi connectivity index (χ2n) is 7.91. The molecule has 34 heavy (non-hydrogen) atoms. The van der Waals surface area contributed by atoms with E-state index in [2.05, 4.69) is 15.3 Å². The van der Waals surface area contributed by atoms with Crippen molar-refractivity contribution in [2.24, 2.45) is 0 Å². The van der Waals surface area contributed by atoms with Crippen LogP contribution in [0.4, 0.5) is 0 Å². The van der Waals surface area contributed by atoms with E-state index in [1.165, 1.54) is 11.8 Å². The van der Waals surface area contributed by atoms with Gasteiger partial charge in [-0.2, -0.15) is 11.8 Å². The van der Waals surface area contributed by atoms with Gasteiger partial charge in [-0.05, 0) is 42.2 Å². The highest BCUT2D eigenvalue weighted by atomic mass is 32.2. The van der Waals surface area contributed by atoms with Crippen molar-refractivity contribution in [1.82, 2.24) is 19.9 Å². The Morgan fingerprint density at radius 3 is 2.44 bits per heavy atom. The van der Waals surface area contributed by atoms with E-state index in [1.54, 1.807) is 30.5 Å². The van der Waals surface area contributed by atoms with Gasteiger partial charge in [0.1, 0.15) is 12.1 Å². The summed E-state index contributed by atoms with van der Waals surface area (Å²) in [5.74, 6) is -1.35. The van der Waals surface area contributed by atoms with Gasteiger partial charge in [-0.1, -0.05) is 30.3 Å². The Kier molecular flexibility index (Phi) is 6.87. The molecule has 9 nitrogen and oxygen atoms in total. The molecular formula is C24H24N4O5S. The van der Waals surface area contributed by atoms with Gasteiger partial charge >= 0.3 is 11.7 Å². The fraction of sp³-hybridized carbons (Fsp3) is 0.250. The number of carboxylic acids is 1. The molecule has 0 radical (unpaired) electrons. The molecule has 10 heteroatoms. The van der Waals surface area contributed by atoms with Gasteiger partial charge in [0.25, 0.3) is 5.56 Å². The molecule has 2 atom stereocenters. The molecule has 0 aliphatic rings. The van der Waals surface area contributed by atoms with E-state index in [0.29, 0.717) is 11.3 Å². The fourth-order valence-electron chi connectivity index (χ4n) is 4.03. The second kappa shape index (κ2) is 10.0. The van der Waals surface area contributed by atoms with Crippen molar-refractivity contribution in [3.05, 3.63) is 81.1 Å². The predicted molar refractivity (Wildman–Crippen MR) is 132 cm³/mol. The summed E-state index contributed by atoms with van der Waals surface area (Å²) in [4.78, 5) is 57.2. The molecule has 2 aromatic carbocycles. The number of hydrogen-bond donors (Lipinski definition) is 4. The summed E-state index contributed by atoms with van der Waals surface area (Å²) in [7, 11) is 0. The minimum atomic E-state index is -1.25. The zero-order chi connectivity index (χ0) is 24.2. The maximum atomic E-state index is 13.4. The van der Waals surface area contributed by atoms with Crippen LogP contribution in [0.3, 0.4) is 0 Å². The van der Waals surface area contributed by atoms with Gasteiger partial charge in [0, 0.05) is 23.5 Å². The Labute approximate surface area is 198 Å². The number of amides is 1. The molecule has 0 aliphatic heterocycles. The standard InChI is InChI=1S/C24H24N4O5S/c1-34-11-10-19(23(31)32)26-21(29)20(12-14-13-25-17-8-4-2-6-15(14)17)28-22(30)16-7-3-5-9-18(16)27-24(28)33/h2-9,13,19-20,25H,10-12H2,1H3,(H,26,29)(H,27,33)(H,31,32)/t19-,20+/m0/s1. The molecule has 2 heterocycles. The van der Waals surface area contributed by atoms with Gasteiger partial charge in [0.15, 0.2) is 0 Å². The quantitative estimate of drug-likeness (QED) is 0.290. The predicted octanol–water partition coefficient (Wildman–Crippen LogP) is 2.28. The average molecular weight is 481 g/mol. The minimum absolute atomic E-state index is 0.0199. The highest BCUT2D eigenvalue weighted by molar-refractivity contribution is 7.98. The van der Waals surface area contributed by atoms with Crippen LogP contribution in [0.5, 0.6) is 0 Å². The van der Waals surface area contributed by atoms with Crippen molar-refractivity contribution in [3.8, 4) is 0 Å². The number of carboxylic acid groups (broad SMARTS) is 1. The first-order valence-corrected chi connectivity index (χ1v) is 12.1. The van der Waals surface area contributed by atoms with Crippen molar-refractivity contribution in [1.29, 1.82) is 0 Å². The number of para-hydroxylation sites is 2. The summed E-state index contributed by atoms with van der Waals surface area (Å²) >= 11 is 1.46. The largest absolute Gasteiger partial charge is 0.480 e. The lowest BCUT2D eigenvalue weighted by Crippen LogP contribution is -2.49. The molecule has 2 aromatic heterocycles. The summed E-state index contributed by atoms with van der Waals surface area (Å²) in [5, 5.41) is 13.2. The number of aromatic nitrogens is 3. The van der Waals surface area contributed by atoms with Crippen LogP contribution in [-0.4, -0.2) is 49.6 Å². The molecule has 1 amide bonds. The van der Waals surface area contributed by atoms with Gasteiger partial charge in [0.2, 0.25) is 5.91 Å². The summed E-state index contributed by atoms with van der Waals surface area (Å²) in [6.07, 6.45) is 3.80. The number of nitrogens with one attached hydrogen (secondary N) is 3. The summed E-state index contributed by atoms with van der Waals surface area (Å²) < 4.78 is 0.882. The number of fused-ring (bicyclic) bond motifs is 2. The number of nitrogens with zero attached hydrogens (tertiary/aromatic N) is 1. The van der Waals surface area contributed by atoms with Crippen molar-refractivity contribution < 1.29 is 14.7 Å². The van der Waals surface area contributed by atoms with Crippen LogP contribution in [0.1, 0.15) is 18.0 Å². The second-order valence-corrected chi connectivity index (χ2v) is 8.90. The normalized spacial score (nSPS) is 13.1. The Morgan fingerprint density at radius 2 is 1.74 bits per heavy atom. The van der Waals surface area contributed by atoms with Gasteiger partial charge in [-0.3, -0.25) is 9.59 Å². The van der Waals surface area contributed by atoms with Gasteiger partial charge in [-0.25, -0.2) is 14.2 Å². The molecule has 176 valence electrons. The lowest BCUT2D eigenvalue weighted by Gasteiger charge is -2.22. The van der Waals surface area contributed by atoms with Crippen molar-refractivity contribution in [2.75, 3.05) is 12.0 Å². The van der Waals surface area contributed by atoms with Crippen molar-refractivity contribution in [2.45, 2.75) is 24.9 Å². The number of H-pyrrole nitrogens is 2. The average Bonchev–Trinajstić information content (AvgIpc) is 3.23. The molecule has 0 saturated carbocycles. The van der Waals surface area contributed by atoms with E-state index in [1.807, 2.05) is 30.5 Å². The van der Waals surface area contributed by atoms with Crippen LogP contribution in [-0.2, 0) is 16.0 Å². The number of thioether (sulfide) groups is 1. The first-order chi connectivity index (χ1) is 16.4. The monoisotopic (exact) mass is 480 g/mol. The van der Waals surface area contributed by atoms with E-state index in [9.17, 15) is 24.3 Å². The highest BCUT2D eigenvalue weighted by Gasteiger charge is 2.30.